The van der Waals surface area contributed by atoms with Gasteiger partial charge >= 0.3 is 0 Å². The predicted octanol–water partition coefficient (Wildman–Crippen LogP) is 4.63. The van der Waals surface area contributed by atoms with Gasteiger partial charge in [-0.3, -0.25) is 0 Å². The second-order valence-corrected chi connectivity index (χ2v) is 8.92. The van der Waals surface area contributed by atoms with Crippen molar-refractivity contribution in [3.63, 3.8) is 0 Å². The van der Waals surface area contributed by atoms with Crippen molar-refractivity contribution in [2.24, 2.45) is 5.92 Å². The third-order valence-corrected chi connectivity index (χ3v) is 5.04. The minimum absolute atomic E-state index is 0.0818. The molecule has 0 spiro atoms. The molecule has 0 aliphatic carbocycles. The second kappa shape index (κ2) is 8.97. The summed E-state index contributed by atoms with van der Waals surface area (Å²) in [6.07, 6.45) is 0. The molecular weight excluding hydrogens is 348 g/mol. The van der Waals surface area contributed by atoms with Gasteiger partial charge in [-0.05, 0) is 48.0 Å². The first-order valence-electron chi connectivity index (χ1n) is 9.95. The molecule has 28 heavy (non-hydrogen) atoms. The Morgan fingerprint density at radius 1 is 0.714 bits per heavy atom. The van der Waals surface area contributed by atoms with Gasteiger partial charge < -0.3 is 20.0 Å². The molecule has 2 aromatic rings. The first-order chi connectivity index (χ1) is 13.0. The summed E-state index contributed by atoms with van der Waals surface area (Å²) in [6.45, 7) is 9.77. The summed E-state index contributed by atoms with van der Waals surface area (Å²) in [7, 11) is 8.01. The molecule has 0 saturated heterocycles. The molecule has 0 atom stereocenters. The summed E-state index contributed by atoms with van der Waals surface area (Å²) in [6, 6.07) is 8.21. The lowest BCUT2D eigenvalue weighted by molar-refractivity contribution is 0.376. The van der Waals surface area contributed by atoms with Gasteiger partial charge in [0.25, 0.3) is 0 Å². The molecule has 0 radical (unpaired) electrons. The fraction of sp³-hybridized carbons (Fsp3) is 0.500. The lowest BCUT2D eigenvalue weighted by atomic mass is 9.79. The summed E-state index contributed by atoms with van der Waals surface area (Å²) in [5.41, 5.74) is 5.87. The largest absolute Gasteiger partial charge is 0.507 e. The van der Waals surface area contributed by atoms with Crippen molar-refractivity contribution < 1.29 is 10.2 Å². The molecule has 2 aromatic carbocycles. The van der Waals surface area contributed by atoms with Crippen LogP contribution in [-0.4, -0.2) is 48.2 Å². The molecule has 4 nitrogen and oxygen atoms in total. The molecule has 0 aliphatic rings. The van der Waals surface area contributed by atoms with E-state index in [0.717, 1.165) is 33.4 Å². The number of benzene rings is 2. The molecule has 0 aliphatic heterocycles. The number of phenolic OH excluding ortho intramolecular Hbond substituents is 2. The zero-order chi connectivity index (χ0) is 21.2. The van der Waals surface area contributed by atoms with E-state index in [2.05, 4.69) is 49.6 Å². The van der Waals surface area contributed by atoms with Crippen LogP contribution >= 0.6 is 0 Å². The van der Waals surface area contributed by atoms with Crippen LogP contribution in [0.5, 0.6) is 11.5 Å². The number of aromatic hydroxyl groups is 2. The first kappa shape index (κ1) is 22.3. The van der Waals surface area contributed by atoms with Crippen LogP contribution in [0.1, 0.15) is 53.1 Å². The molecule has 2 N–H and O–H groups in total. The minimum atomic E-state index is -0.0818. The molecule has 0 bridgehead atoms. The van der Waals surface area contributed by atoms with E-state index in [1.54, 1.807) is 0 Å². The standard InChI is InChI=1S/C24H36N2O2/c1-15(2)22(20-11-16(3)9-18(23(20)27)13-25(5)6)21-12-17(4)10-19(24(21)28)14-26(7)8/h9-12,15,22,27-28H,13-14H2,1-8H3. The van der Waals surface area contributed by atoms with E-state index in [9.17, 15) is 10.2 Å². The molecule has 4 heteroatoms. The molecule has 0 amide bonds. The molecule has 0 fully saturated rings. The molecule has 154 valence electrons. The number of rotatable bonds is 7. The van der Waals surface area contributed by atoms with Crippen LogP contribution in [0, 0.1) is 19.8 Å². The van der Waals surface area contributed by atoms with E-state index >= 15 is 0 Å². The fourth-order valence-electron chi connectivity index (χ4n) is 4.05. The second-order valence-electron chi connectivity index (χ2n) is 8.92. The van der Waals surface area contributed by atoms with E-state index in [-0.39, 0.29) is 11.8 Å². The van der Waals surface area contributed by atoms with Gasteiger partial charge in [-0.1, -0.05) is 49.2 Å². The molecule has 0 unspecified atom stereocenters. The van der Waals surface area contributed by atoms with E-state index < -0.39 is 0 Å². The Morgan fingerprint density at radius 2 is 1.07 bits per heavy atom. The van der Waals surface area contributed by atoms with Crippen molar-refractivity contribution >= 4 is 0 Å². The van der Waals surface area contributed by atoms with Crippen molar-refractivity contribution in [1.29, 1.82) is 0 Å². The average Bonchev–Trinajstić information content (AvgIpc) is 2.54. The molecular formula is C24H36N2O2. The lowest BCUT2D eigenvalue weighted by Gasteiger charge is -2.27. The van der Waals surface area contributed by atoms with Crippen LogP contribution in [0.3, 0.4) is 0 Å². The fourth-order valence-corrected chi connectivity index (χ4v) is 4.05. The van der Waals surface area contributed by atoms with Crippen LogP contribution < -0.4 is 0 Å². The van der Waals surface area contributed by atoms with Gasteiger partial charge in [0.15, 0.2) is 0 Å². The third-order valence-electron chi connectivity index (χ3n) is 5.04. The summed E-state index contributed by atoms with van der Waals surface area (Å²) in [5.74, 6) is 0.822. The van der Waals surface area contributed by atoms with Gasteiger partial charge in [0.05, 0.1) is 0 Å². The normalized spacial score (nSPS) is 12.0. The zero-order valence-corrected chi connectivity index (χ0v) is 18.7. The van der Waals surface area contributed by atoms with Crippen LogP contribution in [0.25, 0.3) is 0 Å². The van der Waals surface area contributed by atoms with Crippen LogP contribution in [-0.2, 0) is 13.1 Å². The highest BCUT2D eigenvalue weighted by atomic mass is 16.3. The topological polar surface area (TPSA) is 46.9 Å². The zero-order valence-electron chi connectivity index (χ0n) is 18.7. The van der Waals surface area contributed by atoms with Gasteiger partial charge in [-0.25, -0.2) is 0 Å². The van der Waals surface area contributed by atoms with Gasteiger partial charge in [-0.15, -0.1) is 0 Å². The van der Waals surface area contributed by atoms with Crippen LogP contribution in [0.15, 0.2) is 24.3 Å². The Morgan fingerprint density at radius 3 is 1.36 bits per heavy atom. The van der Waals surface area contributed by atoms with E-state index in [1.165, 1.54) is 0 Å². The van der Waals surface area contributed by atoms with Gasteiger partial charge in [0.2, 0.25) is 0 Å². The Balaban J connectivity index is 2.68. The smallest absolute Gasteiger partial charge is 0.123 e. The maximum absolute atomic E-state index is 11.1. The number of phenols is 2. The van der Waals surface area contributed by atoms with Gasteiger partial charge in [0.1, 0.15) is 11.5 Å². The molecule has 0 aromatic heterocycles. The van der Waals surface area contributed by atoms with Crippen molar-refractivity contribution in [2.45, 2.75) is 46.7 Å². The Labute approximate surface area is 170 Å². The highest BCUT2D eigenvalue weighted by Crippen LogP contribution is 2.44. The highest BCUT2D eigenvalue weighted by Gasteiger charge is 2.27. The predicted molar refractivity (Wildman–Crippen MR) is 117 cm³/mol. The molecule has 0 heterocycles. The lowest BCUT2D eigenvalue weighted by Crippen LogP contribution is -2.15. The van der Waals surface area contributed by atoms with Crippen molar-refractivity contribution in [3.05, 3.63) is 57.6 Å². The molecule has 2 rings (SSSR count). The Hall–Kier alpha value is -2.04. The van der Waals surface area contributed by atoms with Crippen molar-refractivity contribution in [2.75, 3.05) is 28.2 Å². The number of aryl methyl sites for hydroxylation is 2. The Bertz CT molecular complexity index is 760. The maximum atomic E-state index is 11.1. The minimum Gasteiger partial charge on any atom is -0.507 e. The van der Waals surface area contributed by atoms with Crippen LogP contribution in [0.2, 0.25) is 0 Å². The summed E-state index contributed by atoms with van der Waals surface area (Å²) in [5, 5.41) is 22.2. The van der Waals surface area contributed by atoms with Gasteiger partial charge in [-0.2, -0.15) is 0 Å². The van der Waals surface area contributed by atoms with E-state index in [1.807, 2.05) is 40.3 Å². The average molecular weight is 385 g/mol. The van der Waals surface area contributed by atoms with Gasteiger partial charge in [0, 0.05) is 41.3 Å². The number of hydrogen-bond acceptors (Lipinski definition) is 4. The van der Waals surface area contributed by atoms with E-state index in [4.69, 9.17) is 0 Å². The summed E-state index contributed by atoms with van der Waals surface area (Å²) < 4.78 is 0. The quantitative estimate of drug-likeness (QED) is 0.731. The van der Waals surface area contributed by atoms with Crippen molar-refractivity contribution in [3.8, 4) is 11.5 Å². The summed E-state index contributed by atoms with van der Waals surface area (Å²) in [4.78, 5) is 4.12. The highest BCUT2D eigenvalue weighted by molar-refractivity contribution is 5.54. The molecule has 0 saturated carbocycles. The monoisotopic (exact) mass is 384 g/mol. The first-order valence-corrected chi connectivity index (χ1v) is 9.95. The third kappa shape index (κ3) is 5.06. The SMILES string of the molecule is Cc1cc(CN(C)C)c(O)c(C(c2cc(C)cc(CN(C)C)c2O)C(C)C)c1. The maximum Gasteiger partial charge on any atom is 0.123 e. The number of hydrogen-bond donors (Lipinski definition) is 2. The Kier molecular flexibility index (Phi) is 7.13. The van der Waals surface area contributed by atoms with Crippen LogP contribution in [0.4, 0.5) is 0 Å². The van der Waals surface area contributed by atoms with E-state index in [0.29, 0.717) is 24.6 Å². The van der Waals surface area contributed by atoms with Crippen molar-refractivity contribution in [1.82, 2.24) is 9.80 Å². The number of nitrogens with zero attached hydrogens (tertiary/aromatic N) is 2. The summed E-state index contributed by atoms with van der Waals surface area (Å²) >= 11 is 0.